The van der Waals surface area contributed by atoms with E-state index in [1.807, 2.05) is 72.8 Å². The molecular formula is C45H30N6. The number of para-hydroxylation sites is 2. The molecule has 0 unspecified atom stereocenters. The van der Waals surface area contributed by atoms with Gasteiger partial charge in [0.15, 0.2) is 23.3 Å². The maximum absolute atomic E-state index is 5.03. The molecule has 0 radical (unpaired) electrons. The summed E-state index contributed by atoms with van der Waals surface area (Å²) in [6.45, 7) is 0. The maximum Gasteiger partial charge on any atom is 0.164 e. The van der Waals surface area contributed by atoms with Crippen molar-refractivity contribution in [2.45, 2.75) is 0 Å². The average molecular weight is 655 g/mol. The molecular weight excluding hydrogens is 625 g/mol. The van der Waals surface area contributed by atoms with Gasteiger partial charge >= 0.3 is 0 Å². The number of pyridine rings is 1. The largest absolute Gasteiger partial charge is 0.291 e. The van der Waals surface area contributed by atoms with Crippen molar-refractivity contribution in [1.29, 1.82) is 0 Å². The van der Waals surface area contributed by atoms with Crippen molar-refractivity contribution in [3.63, 3.8) is 0 Å². The van der Waals surface area contributed by atoms with Crippen molar-refractivity contribution in [1.82, 2.24) is 29.5 Å². The van der Waals surface area contributed by atoms with Crippen molar-refractivity contribution in [2.24, 2.45) is 0 Å². The highest BCUT2D eigenvalue weighted by Gasteiger charge is 2.17. The number of aromatic nitrogens is 6. The number of fused-ring (bicyclic) bond motifs is 1. The first-order valence-corrected chi connectivity index (χ1v) is 16.8. The fourth-order valence-corrected chi connectivity index (χ4v) is 6.41. The third-order valence-corrected chi connectivity index (χ3v) is 8.93. The van der Waals surface area contributed by atoms with Crippen LogP contribution in [0.3, 0.4) is 0 Å². The highest BCUT2D eigenvalue weighted by molar-refractivity contribution is 5.83. The molecule has 0 N–H and O–H groups in total. The Bertz CT molecular complexity index is 2620. The van der Waals surface area contributed by atoms with Gasteiger partial charge in [0, 0.05) is 28.6 Å². The van der Waals surface area contributed by atoms with Crippen LogP contribution in [-0.2, 0) is 0 Å². The lowest BCUT2D eigenvalue weighted by Crippen LogP contribution is -2.00. The topological polar surface area (TPSA) is 69.4 Å². The van der Waals surface area contributed by atoms with Crippen molar-refractivity contribution in [3.05, 3.63) is 182 Å². The minimum Gasteiger partial charge on any atom is -0.291 e. The molecule has 9 aromatic rings. The molecule has 51 heavy (non-hydrogen) atoms. The molecule has 0 saturated carbocycles. The predicted octanol–water partition coefficient (Wildman–Crippen LogP) is 10.6. The molecule has 0 aliphatic rings. The molecule has 3 aromatic heterocycles. The summed E-state index contributed by atoms with van der Waals surface area (Å²) in [6.07, 6.45) is 1.80. The monoisotopic (exact) mass is 654 g/mol. The normalized spacial score (nSPS) is 11.1. The quantitative estimate of drug-likeness (QED) is 0.171. The summed E-state index contributed by atoms with van der Waals surface area (Å²) in [4.78, 5) is 24.6. The Kier molecular flexibility index (Phi) is 7.72. The number of nitrogens with zero attached hydrogens (tertiary/aromatic N) is 6. The molecule has 0 spiro atoms. The second-order valence-corrected chi connectivity index (χ2v) is 12.2. The SMILES string of the molecule is c1ccc(-c2ccc(-c3nc(-c4ccccc4)nc(-c4cccc(-c5cccc(-n6c(-c7ccccn7)nc7ccccc76)c5)c4)n3)cc2)cc1. The highest BCUT2D eigenvalue weighted by Crippen LogP contribution is 2.32. The van der Waals surface area contributed by atoms with Crippen LogP contribution in [0.2, 0.25) is 0 Å². The molecule has 240 valence electrons. The zero-order valence-electron chi connectivity index (χ0n) is 27.5. The van der Waals surface area contributed by atoms with Crippen LogP contribution in [0, 0.1) is 0 Å². The summed E-state index contributed by atoms with van der Waals surface area (Å²) in [5, 5.41) is 0. The van der Waals surface area contributed by atoms with Crippen LogP contribution in [-0.4, -0.2) is 29.5 Å². The summed E-state index contributed by atoms with van der Waals surface area (Å²) in [5.41, 5.74) is 10.9. The second-order valence-electron chi connectivity index (χ2n) is 12.2. The lowest BCUT2D eigenvalue weighted by Gasteiger charge is -2.12. The maximum atomic E-state index is 5.03. The van der Waals surface area contributed by atoms with E-state index in [4.69, 9.17) is 19.9 Å². The van der Waals surface area contributed by atoms with Crippen molar-refractivity contribution in [2.75, 3.05) is 0 Å². The Morgan fingerprint density at radius 1 is 0.353 bits per heavy atom. The van der Waals surface area contributed by atoms with E-state index in [1.165, 1.54) is 5.56 Å². The average Bonchev–Trinajstić information content (AvgIpc) is 3.62. The van der Waals surface area contributed by atoms with Crippen LogP contribution >= 0.6 is 0 Å². The molecule has 0 bridgehead atoms. The summed E-state index contributed by atoms with van der Waals surface area (Å²) < 4.78 is 2.18. The van der Waals surface area contributed by atoms with Gasteiger partial charge in [0.05, 0.1) is 11.0 Å². The lowest BCUT2D eigenvalue weighted by atomic mass is 10.0. The molecule has 9 rings (SSSR count). The standard InChI is InChI=1S/C45H30N6/c1-3-13-31(14-4-1)32-24-26-34(27-25-32)43-48-42(33-15-5-2-6-16-33)49-44(50-43)37-19-11-17-35(29-37)36-18-12-20-38(30-36)51-41-23-8-7-21-39(41)47-45(51)40-22-9-10-28-46-40/h1-30H. The Morgan fingerprint density at radius 2 is 0.882 bits per heavy atom. The van der Waals surface area contributed by atoms with Gasteiger partial charge < -0.3 is 0 Å². The first-order chi connectivity index (χ1) is 25.3. The third-order valence-electron chi connectivity index (χ3n) is 8.93. The first kappa shape index (κ1) is 30.0. The van der Waals surface area contributed by atoms with Crippen LogP contribution in [0.4, 0.5) is 0 Å². The smallest absolute Gasteiger partial charge is 0.164 e. The second kappa shape index (κ2) is 13.1. The number of hydrogen-bond acceptors (Lipinski definition) is 5. The van der Waals surface area contributed by atoms with Gasteiger partial charge in [-0.2, -0.15) is 0 Å². The molecule has 0 fully saturated rings. The Morgan fingerprint density at radius 3 is 1.61 bits per heavy atom. The third kappa shape index (κ3) is 5.96. The van der Waals surface area contributed by atoms with E-state index in [0.717, 1.165) is 61.6 Å². The van der Waals surface area contributed by atoms with Gasteiger partial charge in [-0.15, -0.1) is 0 Å². The number of hydrogen-bond donors (Lipinski definition) is 0. The van der Waals surface area contributed by atoms with Gasteiger partial charge in [0.2, 0.25) is 0 Å². The molecule has 6 nitrogen and oxygen atoms in total. The van der Waals surface area contributed by atoms with E-state index in [-0.39, 0.29) is 0 Å². The van der Waals surface area contributed by atoms with Crippen LogP contribution in [0.15, 0.2) is 182 Å². The predicted molar refractivity (Wildman–Crippen MR) is 205 cm³/mol. The van der Waals surface area contributed by atoms with E-state index in [9.17, 15) is 0 Å². The van der Waals surface area contributed by atoms with Crippen LogP contribution in [0.1, 0.15) is 0 Å². The molecule has 0 atom stereocenters. The van der Waals surface area contributed by atoms with Gasteiger partial charge in [-0.1, -0.05) is 133 Å². The number of imidazole rings is 1. The molecule has 0 amide bonds. The molecule has 0 aliphatic carbocycles. The zero-order valence-corrected chi connectivity index (χ0v) is 27.5. The molecule has 6 aromatic carbocycles. The molecule has 3 heterocycles. The summed E-state index contributed by atoms with van der Waals surface area (Å²) in [7, 11) is 0. The van der Waals surface area contributed by atoms with E-state index in [1.54, 1.807) is 6.20 Å². The van der Waals surface area contributed by atoms with Crippen LogP contribution in [0.25, 0.3) is 84.7 Å². The molecule has 6 heteroatoms. The fraction of sp³-hybridized carbons (Fsp3) is 0. The lowest BCUT2D eigenvalue weighted by molar-refractivity contribution is 1.07. The van der Waals surface area contributed by atoms with Gasteiger partial charge in [0.1, 0.15) is 5.69 Å². The number of benzene rings is 6. The zero-order chi connectivity index (χ0) is 34.0. The van der Waals surface area contributed by atoms with Gasteiger partial charge in [-0.3, -0.25) is 9.55 Å². The van der Waals surface area contributed by atoms with Crippen molar-refractivity contribution >= 4 is 11.0 Å². The van der Waals surface area contributed by atoms with Gasteiger partial charge in [0.25, 0.3) is 0 Å². The molecule has 0 aliphatic heterocycles. The molecule has 0 saturated heterocycles. The van der Waals surface area contributed by atoms with Crippen molar-refractivity contribution in [3.8, 4) is 73.6 Å². The van der Waals surface area contributed by atoms with E-state index >= 15 is 0 Å². The highest BCUT2D eigenvalue weighted by atomic mass is 15.1. The van der Waals surface area contributed by atoms with Gasteiger partial charge in [-0.25, -0.2) is 19.9 Å². The van der Waals surface area contributed by atoms with E-state index in [2.05, 4.69) is 113 Å². The summed E-state index contributed by atoms with van der Waals surface area (Å²) in [5.74, 6) is 2.66. The minimum atomic E-state index is 0.613. The Hall–Kier alpha value is -7.05. The summed E-state index contributed by atoms with van der Waals surface area (Å²) in [6, 6.07) is 59.8. The van der Waals surface area contributed by atoms with Crippen molar-refractivity contribution < 1.29 is 0 Å². The fourth-order valence-electron chi connectivity index (χ4n) is 6.41. The van der Waals surface area contributed by atoms with E-state index in [0.29, 0.717) is 17.5 Å². The van der Waals surface area contributed by atoms with E-state index < -0.39 is 0 Å². The van der Waals surface area contributed by atoms with Crippen LogP contribution in [0.5, 0.6) is 0 Å². The van der Waals surface area contributed by atoms with Gasteiger partial charge in [-0.05, 0) is 64.7 Å². The summed E-state index contributed by atoms with van der Waals surface area (Å²) >= 11 is 0. The Labute approximate surface area is 295 Å². The minimum absolute atomic E-state index is 0.613. The first-order valence-electron chi connectivity index (χ1n) is 16.8. The number of rotatable bonds is 7. The Balaban J connectivity index is 1.13. The van der Waals surface area contributed by atoms with Crippen LogP contribution < -0.4 is 0 Å².